The Kier molecular flexibility index (Phi) is 5.48. The zero-order valence-corrected chi connectivity index (χ0v) is 15.4. The molecule has 0 saturated carbocycles. The minimum Gasteiger partial charge on any atom is -0.467 e. The molecule has 0 aliphatic heterocycles. The van der Waals surface area contributed by atoms with Crippen molar-refractivity contribution in [2.75, 3.05) is 5.32 Å². The molecule has 0 saturated heterocycles. The first-order valence-corrected chi connectivity index (χ1v) is 8.99. The summed E-state index contributed by atoms with van der Waals surface area (Å²) >= 11 is 0. The van der Waals surface area contributed by atoms with Gasteiger partial charge in [-0.15, -0.1) is 0 Å². The van der Waals surface area contributed by atoms with E-state index in [2.05, 4.69) is 20.6 Å². The van der Waals surface area contributed by atoms with Crippen LogP contribution in [0.3, 0.4) is 0 Å². The maximum absolute atomic E-state index is 12.2. The minimum absolute atomic E-state index is 0.277. The fourth-order valence-corrected chi connectivity index (χ4v) is 2.59. The van der Waals surface area contributed by atoms with Crippen LogP contribution in [0.4, 0.5) is 11.6 Å². The summed E-state index contributed by atoms with van der Waals surface area (Å²) in [6.07, 6.45) is 4.49. The molecule has 7 nitrogen and oxygen atoms in total. The Labute approximate surface area is 167 Å². The molecule has 2 aromatic carbocycles. The average Bonchev–Trinajstić information content (AvgIpc) is 3.28. The lowest BCUT2D eigenvalue weighted by atomic mass is 10.3. The minimum atomic E-state index is -0.277. The number of anilines is 2. The summed E-state index contributed by atoms with van der Waals surface area (Å²) in [6.45, 7) is 0.302. The molecule has 0 bridgehead atoms. The molecule has 4 rings (SSSR count). The normalized spacial score (nSPS) is 10.3. The van der Waals surface area contributed by atoms with E-state index in [1.54, 1.807) is 18.4 Å². The molecular formula is C22H18N4O3. The van der Waals surface area contributed by atoms with Crippen LogP contribution in [0.15, 0.2) is 89.8 Å². The van der Waals surface area contributed by atoms with Gasteiger partial charge in [0.2, 0.25) is 5.95 Å². The lowest BCUT2D eigenvalue weighted by molar-refractivity contribution is 0.0947. The quantitative estimate of drug-likeness (QED) is 0.485. The van der Waals surface area contributed by atoms with Gasteiger partial charge in [0.15, 0.2) is 5.75 Å². The Morgan fingerprint density at radius 2 is 1.69 bits per heavy atom. The van der Waals surface area contributed by atoms with Crippen molar-refractivity contribution in [1.82, 2.24) is 15.3 Å². The van der Waals surface area contributed by atoms with Crippen molar-refractivity contribution in [3.63, 3.8) is 0 Å². The third-order valence-electron chi connectivity index (χ3n) is 4.02. The fraction of sp³-hybridized carbons (Fsp3) is 0.0455. The van der Waals surface area contributed by atoms with Gasteiger partial charge in [0.25, 0.3) is 5.91 Å². The van der Waals surface area contributed by atoms with Gasteiger partial charge in [-0.3, -0.25) is 4.79 Å². The first-order chi connectivity index (χ1) is 14.3. The van der Waals surface area contributed by atoms with Gasteiger partial charge in [-0.2, -0.15) is 0 Å². The van der Waals surface area contributed by atoms with Crippen molar-refractivity contribution >= 4 is 17.5 Å². The van der Waals surface area contributed by atoms with E-state index in [1.807, 2.05) is 54.6 Å². The number of benzene rings is 2. The molecule has 2 aromatic heterocycles. The molecule has 0 spiro atoms. The predicted octanol–water partition coefficient (Wildman–Crippen LogP) is 4.54. The van der Waals surface area contributed by atoms with E-state index < -0.39 is 0 Å². The number of rotatable bonds is 7. The predicted molar refractivity (Wildman–Crippen MR) is 108 cm³/mol. The fourth-order valence-electron chi connectivity index (χ4n) is 2.59. The van der Waals surface area contributed by atoms with E-state index in [0.29, 0.717) is 35.3 Å². The number of hydrogen-bond donors (Lipinski definition) is 2. The number of para-hydroxylation sites is 3. The third-order valence-corrected chi connectivity index (χ3v) is 4.02. The maximum atomic E-state index is 12.2. The second-order valence-corrected chi connectivity index (χ2v) is 6.09. The number of ether oxygens (including phenoxy) is 1. The number of carbonyl (C=O) groups is 1. The van der Waals surface area contributed by atoms with Crippen LogP contribution in [0.25, 0.3) is 0 Å². The van der Waals surface area contributed by atoms with E-state index in [-0.39, 0.29) is 5.91 Å². The van der Waals surface area contributed by atoms with Gasteiger partial charge >= 0.3 is 0 Å². The summed E-state index contributed by atoms with van der Waals surface area (Å²) in [5, 5.41) is 5.87. The van der Waals surface area contributed by atoms with Gasteiger partial charge in [-0.05, 0) is 36.4 Å². The highest BCUT2D eigenvalue weighted by Gasteiger charge is 2.10. The third kappa shape index (κ3) is 4.78. The van der Waals surface area contributed by atoms with Gasteiger partial charge in [-0.25, -0.2) is 9.97 Å². The lowest BCUT2D eigenvalue weighted by Crippen LogP contribution is -2.23. The molecule has 0 atom stereocenters. The molecule has 0 aliphatic carbocycles. The summed E-state index contributed by atoms with van der Waals surface area (Å²) in [6, 6.07) is 20.5. The molecule has 7 heteroatoms. The number of aromatic nitrogens is 2. The molecule has 4 aromatic rings. The van der Waals surface area contributed by atoms with Crippen LogP contribution < -0.4 is 15.4 Å². The van der Waals surface area contributed by atoms with Crippen LogP contribution in [0, 0.1) is 0 Å². The molecule has 0 aliphatic rings. The Morgan fingerprint density at radius 1 is 0.931 bits per heavy atom. The Bertz CT molecular complexity index is 1060. The van der Waals surface area contributed by atoms with Crippen molar-refractivity contribution in [3.05, 3.63) is 96.7 Å². The van der Waals surface area contributed by atoms with Crippen molar-refractivity contribution in [3.8, 4) is 11.5 Å². The Hall–Kier alpha value is -4.13. The van der Waals surface area contributed by atoms with E-state index in [1.165, 1.54) is 12.4 Å². The summed E-state index contributed by atoms with van der Waals surface area (Å²) in [5.41, 5.74) is 1.07. The van der Waals surface area contributed by atoms with Crippen LogP contribution in [-0.4, -0.2) is 15.9 Å². The summed E-state index contributed by atoms with van der Waals surface area (Å²) in [4.78, 5) is 20.6. The van der Waals surface area contributed by atoms with Gasteiger partial charge in [0.1, 0.15) is 11.5 Å². The molecule has 0 radical (unpaired) electrons. The van der Waals surface area contributed by atoms with E-state index in [9.17, 15) is 4.79 Å². The first kappa shape index (κ1) is 18.2. The van der Waals surface area contributed by atoms with Crippen LogP contribution in [0.2, 0.25) is 0 Å². The van der Waals surface area contributed by atoms with Crippen molar-refractivity contribution in [1.29, 1.82) is 0 Å². The van der Waals surface area contributed by atoms with Crippen LogP contribution in [-0.2, 0) is 6.54 Å². The molecule has 0 unspecified atom stereocenters. The second-order valence-electron chi connectivity index (χ2n) is 6.09. The van der Waals surface area contributed by atoms with Crippen molar-refractivity contribution in [2.24, 2.45) is 0 Å². The smallest absolute Gasteiger partial charge is 0.254 e. The highest BCUT2D eigenvalue weighted by Crippen LogP contribution is 2.30. The van der Waals surface area contributed by atoms with Gasteiger partial charge in [-0.1, -0.05) is 30.3 Å². The number of furan rings is 1. The molecule has 2 heterocycles. The summed E-state index contributed by atoms with van der Waals surface area (Å²) in [5.74, 6) is 2.12. The number of carbonyl (C=O) groups excluding carboxylic acids is 1. The molecule has 2 N–H and O–H groups in total. The number of hydrogen-bond acceptors (Lipinski definition) is 6. The second kappa shape index (κ2) is 8.71. The Morgan fingerprint density at radius 3 is 2.45 bits per heavy atom. The average molecular weight is 386 g/mol. The van der Waals surface area contributed by atoms with Gasteiger partial charge < -0.3 is 19.8 Å². The highest BCUT2D eigenvalue weighted by molar-refractivity contribution is 5.93. The zero-order valence-electron chi connectivity index (χ0n) is 15.4. The van der Waals surface area contributed by atoms with Crippen molar-refractivity contribution in [2.45, 2.75) is 6.54 Å². The first-order valence-electron chi connectivity index (χ1n) is 8.99. The molecule has 144 valence electrons. The number of nitrogens with zero attached hydrogens (tertiary/aromatic N) is 2. The van der Waals surface area contributed by atoms with E-state index >= 15 is 0 Å². The molecule has 1 amide bonds. The number of nitrogens with one attached hydrogen (secondary N) is 2. The SMILES string of the molecule is O=C(NCc1ccco1)c1cnc(Nc2ccccc2Oc2ccccc2)nc1. The van der Waals surface area contributed by atoms with Gasteiger partial charge in [0.05, 0.1) is 24.1 Å². The molecule has 29 heavy (non-hydrogen) atoms. The van der Waals surface area contributed by atoms with Crippen LogP contribution in [0.5, 0.6) is 11.5 Å². The largest absolute Gasteiger partial charge is 0.467 e. The summed E-state index contributed by atoms with van der Waals surface area (Å²) in [7, 11) is 0. The summed E-state index contributed by atoms with van der Waals surface area (Å²) < 4.78 is 11.1. The molecular weight excluding hydrogens is 368 g/mol. The topological polar surface area (TPSA) is 89.3 Å². The van der Waals surface area contributed by atoms with E-state index in [0.717, 1.165) is 5.75 Å². The number of amides is 1. The maximum Gasteiger partial charge on any atom is 0.254 e. The lowest BCUT2D eigenvalue weighted by Gasteiger charge is -2.12. The Balaban J connectivity index is 1.42. The zero-order chi connectivity index (χ0) is 19.9. The van der Waals surface area contributed by atoms with E-state index in [4.69, 9.17) is 9.15 Å². The highest BCUT2D eigenvalue weighted by atomic mass is 16.5. The van der Waals surface area contributed by atoms with Crippen LogP contribution in [0.1, 0.15) is 16.1 Å². The monoisotopic (exact) mass is 386 g/mol. The molecule has 0 fully saturated rings. The van der Waals surface area contributed by atoms with Crippen LogP contribution >= 0.6 is 0 Å². The van der Waals surface area contributed by atoms with Gasteiger partial charge in [0, 0.05) is 12.4 Å². The van der Waals surface area contributed by atoms with Crippen molar-refractivity contribution < 1.29 is 13.9 Å². The standard InChI is InChI=1S/C22H18N4O3/c27-21(23-15-18-9-6-12-28-18)16-13-24-22(25-14-16)26-19-10-4-5-11-20(19)29-17-7-2-1-3-8-17/h1-14H,15H2,(H,23,27)(H,24,25,26).